The van der Waals surface area contributed by atoms with E-state index in [0.29, 0.717) is 0 Å². The van der Waals surface area contributed by atoms with E-state index in [1.165, 1.54) is 0 Å². The summed E-state index contributed by atoms with van der Waals surface area (Å²) in [5, 5.41) is 0. The van der Waals surface area contributed by atoms with Gasteiger partial charge >= 0.3 is 12.6 Å². The van der Waals surface area contributed by atoms with Crippen LogP contribution in [0, 0.1) is 0 Å². The number of nitrogens with zero attached hydrogens (tertiary/aromatic N) is 1. The van der Waals surface area contributed by atoms with Gasteiger partial charge in [-0.05, 0) is 12.1 Å². The van der Waals surface area contributed by atoms with E-state index in [9.17, 15) is 26.8 Å². The minimum atomic E-state index is -4.73. The third-order valence-electron chi connectivity index (χ3n) is 2.02. The molecule has 0 radical (unpaired) electrons. The zero-order chi connectivity index (χ0) is 15.3. The third-order valence-corrected chi connectivity index (χ3v) is 3.27. The first kappa shape index (κ1) is 15.7. The lowest BCUT2D eigenvalue weighted by Crippen LogP contribution is -2.13. The molecule has 1 aromatic rings. The molecule has 0 aromatic heterocycles. The normalized spacial score (nSPS) is 10.8. The molecule has 20 heavy (non-hydrogen) atoms. The van der Waals surface area contributed by atoms with Crippen LogP contribution in [0.3, 0.4) is 0 Å². The van der Waals surface area contributed by atoms with Crippen LogP contribution in [-0.4, -0.2) is 34.2 Å². The van der Waals surface area contributed by atoms with E-state index in [1.54, 1.807) is 0 Å². The number of hydrogen-bond donors (Lipinski definition) is 0. The molecule has 0 fully saturated rings. The fourth-order valence-corrected chi connectivity index (χ4v) is 2.33. The van der Waals surface area contributed by atoms with E-state index in [2.05, 4.69) is 13.9 Å². The Morgan fingerprint density at radius 1 is 1.40 bits per heavy atom. The number of carbonyl (C=O) groups excluding carboxylic acids is 2. The highest BCUT2D eigenvalue weighted by Crippen LogP contribution is 2.30. The van der Waals surface area contributed by atoms with E-state index in [-0.39, 0.29) is 0 Å². The highest BCUT2D eigenvalue weighted by atomic mass is 32.2. The molecule has 0 spiro atoms. The molecule has 0 saturated heterocycles. The number of rotatable bonds is 5. The fourth-order valence-electron chi connectivity index (χ4n) is 1.34. The highest BCUT2D eigenvalue weighted by Gasteiger charge is 2.28. The van der Waals surface area contributed by atoms with Crippen molar-refractivity contribution in [2.45, 2.75) is 11.5 Å². The molecule has 0 aliphatic rings. The molecular weight excluding hydrogens is 300 g/mol. The smallest absolute Gasteiger partial charge is 0.387 e. The minimum absolute atomic E-state index is 0.593. The number of esters is 1. The van der Waals surface area contributed by atoms with Gasteiger partial charge in [0.25, 0.3) is 16.1 Å². The number of carbonyl (C=O) groups is 1. The Morgan fingerprint density at radius 3 is 2.55 bits per heavy atom. The molecule has 0 amide bonds. The Morgan fingerprint density at radius 2 is 2.05 bits per heavy atom. The van der Waals surface area contributed by atoms with Gasteiger partial charge in [0.15, 0.2) is 0 Å². The van der Waals surface area contributed by atoms with Crippen LogP contribution in [0.25, 0.3) is 0 Å². The van der Waals surface area contributed by atoms with Crippen LogP contribution in [0.1, 0.15) is 10.4 Å². The van der Waals surface area contributed by atoms with Crippen LogP contribution in [0.5, 0.6) is 5.75 Å². The largest absolute Gasteiger partial charge is 0.465 e. The van der Waals surface area contributed by atoms with Crippen molar-refractivity contribution in [2.75, 3.05) is 7.11 Å². The van der Waals surface area contributed by atoms with Gasteiger partial charge in [0.05, 0.1) is 12.7 Å². The maximum atomic E-state index is 12.2. The number of isocyanates is 1. The molecule has 1 aromatic carbocycles. The third kappa shape index (κ3) is 3.37. The summed E-state index contributed by atoms with van der Waals surface area (Å²) in [5.41, 5.74) is -0.593. The topological polar surface area (TPSA) is 99.1 Å². The average molecular weight is 307 g/mol. The molecule has 10 heteroatoms. The van der Waals surface area contributed by atoms with E-state index in [0.717, 1.165) is 31.4 Å². The van der Waals surface area contributed by atoms with Crippen molar-refractivity contribution in [3.63, 3.8) is 0 Å². The average Bonchev–Trinajstić information content (AvgIpc) is 2.36. The molecule has 0 aliphatic heterocycles. The first-order valence-corrected chi connectivity index (χ1v) is 6.27. The second-order valence-corrected chi connectivity index (χ2v) is 4.70. The zero-order valence-corrected chi connectivity index (χ0v) is 10.7. The van der Waals surface area contributed by atoms with Gasteiger partial charge in [0.2, 0.25) is 0 Å². The monoisotopic (exact) mass is 307 g/mol. The lowest BCUT2D eigenvalue weighted by molar-refractivity contribution is -0.0518. The summed E-state index contributed by atoms with van der Waals surface area (Å²) < 4.78 is 58.8. The number of alkyl halides is 2. The molecule has 108 valence electrons. The molecule has 7 nitrogen and oxygen atoms in total. The van der Waals surface area contributed by atoms with Gasteiger partial charge in [0, 0.05) is 0 Å². The minimum Gasteiger partial charge on any atom is -0.465 e. The first-order chi connectivity index (χ1) is 9.33. The number of ether oxygens (including phenoxy) is 2. The van der Waals surface area contributed by atoms with E-state index in [4.69, 9.17) is 0 Å². The maximum Gasteiger partial charge on any atom is 0.387 e. The summed E-state index contributed by atoms with van der Waals surface area (Å²) in [4.78, 5) is 20.6. The molecule has 0 saturated carbocycles. The molecule has 0 aliphatic carbocycles. The van der Waals surface area contributed by atoms with Crippen molar-refractivity contribution >= 4 is 22.1 Å². The Hall–Kier alpha value is -2.32. The number of sulfonamides is 1. The Labute approximate surface area is 111 Å². The molecular formula is C10H7F2NO6S. The predicted molar refractivity (Wildman–Crippen MR) is 59.7 cm³/mol. The van der Waals surface area contributed by atoms with Crippen molar-refractivity contribution in [3.8, 4) is 5.75 Å². The van der Waals surface area contributed by atoms with Gasteiger partial charge in [-0.1, -0.05) is 10.5 Å². The second-order valence-electron chi connectivity index (χ2n) is 3.16. The summed E-state index contributed by atoms with van der Waals surface area (Å²) >= 11 is 0. The van der Waals surface area contributed by atoms with Gasteiger partial charge in [-0.2, -0.15) is 17.2 Å². The summed E-state index contributed by atoms with van der Waals surface area (Å²) in [6.45, 7) is -3.34. The molecule has 0 N–H and O–H groups in total. The van der Waals surface area contributed by atoms with Crippen LogP contribution in [0.2, 0.25) is 0 Å². The molecule has 0 bridgehead atoms. The summed E-state index contributed by atoms with van der Waals surface area (Å²) in [7, 11) is -3.77. The number of benzene rings is 1. The van der Waals surface area contributed by atoms with Gasteiger partial charge in [-0.25, -0.2) is 9.59 Å². The number of methoxy groups -OCH3 is 1. The van der Waals surface area contributed by atoms with Gasteiger partial charge < -0.3 is 9.47 Å². The van der Waals surface area contributed by atoms with Gasteiger partial charge in [0.1, 0.15) is 10.6 Å². The van der Waals surface area contributed by atoms with Crippen LogP contribution in [-0.2, 0) is 19.6 Å². The Balaban J connectivity index is 3.64. The molecule has 0 atom stereocenters. The van der Waals surface area contributed by atoms with Gasteiger partial charge in [-0.3, -0.25) is 0 Å². The van der Waals surface area contributed by atoms with Crippen LogP contribution >= 0.6 is 0 Å². The summed E-state index contributed by atoms with van der Waals surface area (Å²) in [6.07, 6.45) is 0.763. The van der Waals surface area contributed by atoms with E-state index in [1.807, 2.05) is 0 Å². The van der Waals surface area contributed by atoms with Crippen molar-refractivity contribution in [3.05, 3.63) is 23.8 Å². The zero-order valence-electron chi connectivity index (χ0n) is 9.87. The van der Waals surface area contributed by atoms with Gasteiger partial charge in [-0.15, -0.1) is 0 Å². The fraction of sp³-hybridized carbons (Fsp3) is 0.200. The Bertz CT molecular complexity index is 666. The maximum absolute atomic E-state index is 12.2. The van der Waals surface area contributed by atoms with Crippen molar-refractivity contribution in [2.24, 2.45) is 4.40 Å². The van der Waals surface area contributed by atoms with Crippen LogP contribution in [0.15, 0.2) is 27.5 Å². The lowest BCUT2D eigenvalue weighted by atomic mass is 10.2. The SMILES string of the molecule is COC(=O)c1cccc(OC(F)F)c1S(=O)(=O)N=C=O. The van der Waals surface area contributed by atoms with Crippen LogP contribution in [0.4, 0.5) is 8.78 Å². The number of hydrogen-bond acceptors (Lipinski definition) is 6. The second kappa shape index (κ2) is 6.22. The van der Waals surface area contributed by atoms with E-state index >= 15 is 0 Å². The Kier molecular flexibility index (Phi) is 4.89. The molecule has 1 rings (SSSR count). The summed E-state index contributed by atoms with van der Waals surface area (Å²) in [6, 6.07) is 2.98. The van der Waals surface area contributed by atoms with Crippen molar-refractivity contribution < 1.29 is 36.3 Å². The number of halogens is 2. The van der Waals surface area contributed by atoms with Crippen molar-refractivity contribution in [1.29, 1.82) is 0 Å². The predicted octanol–water partition coefficient (Wildman–Crippen LogP) is 1.10. The summed E-state index contributed by atoms with van der Waals surface area (Å²) in [5.74, 6) is -1.95. The van der Waals surface area contributed by atoms with Crippen molar-refractivity contribution in [1.82, 2.24) is 0 Å². The molecule has 0 heterocycles. The molecule has 0 unspecified atom stereocenters. The highest BCUT2D eigenvalue weighted by molar-refractivity contribution is 7.90. The lowest BCUT2D eigenvalue weighted by Gasteiger charge is -2.11. The first-order valence-electron chi connectivity index (χ1n) is 4.83. The van der Waals surface area contributed by atoms with Crippen LogP contribution < -0.4 is 4.74 Å². The van der Waals surface area contributed by atoms with E-state index < -0.39 is 38.8 Å². The standard InChI is InChI=1S/C10H7F2NO6S/c1-18-9(15)6-3-2-4-7(19-10(11)12)8(6)20(16,17)13-5-14/h2-4,10H,1H3. The quantitative estimate of drug-likeness (QED) is 0.459.